The van der Waals surface area contributed by atoms with Gasteiger partial charge in [0.2, 0.25) is 0 Å². The van der Waals surface area contributed by atoms with E-state index >= 15 is 0 Å². The lowest BCUT2D eigenvalue weighted by Crippen LogP contribution is -2.35. The molecule has 0 radical (unpaired) electrons. The molecule has 0 spiro atoms. The predicted molar refractivity (Wildman–Crippen MR) is 118 cm³/mol. The molecule has 0 saturated heterocycles. The van der Waals surface area contributed by atoms with Gasteiger partial charge in [0.25, 0.3) is 5.56 Å². The van der Waals surface area contributed by atoms with E-state index in [1.807, 2.05) is 0 Å². The monoisotopic (exact) mass is 448 g/mol. The summed E-state index contributed by atoms with van der Waals surface area (Å²) in [6, 6.07) is 6.64. The second-order valence-corrected chi connectivity index (χ2v) is 8.72. The van der Waals surface area contributed by atoms with Crippen LogP contribution in [0.3, 0.4) is 0 Å². The molecule has 9 nitrogen and oxygen atoms in total. The van der Waals surface area contributed by atoms with Crippen LogP contribution in [0.4, 0.5) is 16.3 Å². The van der Waals surface area contributed by atoms with E-state index in [2.05, 4.69) is 15.6 Å². The summed E-state index contributed by atoms with van der Waals surface area (Å²) in [6.07, 6.45) is 2.25. The summed E-state index contributed by atoms with van der Waals surface area (Å²) < 4.78 is 6.32. The number of aromatic nitrogens is 2. The van der Waals surface area contributed by atoms with Gasteiger partial charge in [-0.25, -0.2) is 9.78 Å². The molecule has 1 aromatic heterocycles. The molecule has 0 unspecified atom stereocenters. The molecular weight excluding hydrogens is 424 g/mol. The van der Waals surface area contributed by atoms with Crippen molar-refractivity contribution in [1.29, 1.82) is 0 Å². The fraction of sp³-hybridized carbons (Fsp3) is 0.429. The highest BCUT2D eigenvalue weighted by Gasteiger charge is 2.24. The zero-order chi connectivity index (χ0) is 22.8. The third-order valence-corrected chi connectivity index (χ3v) is 4.91. The number of anilines is 2. The summed E-state index contributed by atoms with van der Waals surface area (Å²) in [5.41, 5.74) is -0.256. The molecule has 166 valence electrons. The summed E-state index contributed by atoms with van der Waals surface area (Å²) >= 11 is 6.40. The quantitative estimate of drug-likeness (QED) is 0.611. The normalized spacial score (nSPS) is 13.9. The summed E-state index contributed by atoms with van der Waals surface area (Å²) in [4.78, 5) is 40.7. The first kappa shape index (κ1) is 22.6. The third-order valence-electron chi connectivity index (χ3n) is 4.64. The van der Waals surface area contributed by atoms with E-state index < -0.39 is 29.8 Å². The average molecular weight is 449 g/mol. The van der Waals surface area contributed by atoms with Crippen LogP contribution in [-0.2, 0) is 16.1 Å². The molecule has 1 aliphatic carbocycles. The molecule has 3 rings (SSSR count). The number of benzene rings is 1. The number of rotatable bonds is 6. The summed E-state index contributed by atoms with van der Waals surface area (Å²) in [6.45, 7) is 4.66. The van der Waals surface area contributed by atoms with Gasteiger partial charge in [0, 0.05) is 17.3 Å². The number of carboxylic acids is 1. The first-order chi connectivity index (χ1) is 14.5. The summed E-state index contributed by atoms with van der Waals surface area (Å²) in [7, 11) is 0. The maximum Gasteiger partial charge on any atom is 0.412 e. The van der Waals surface area contributed by atoms with E-state index in [9.17, 15) is 19.5 Å². The minimum absolute atomic E-state index is 0.0166. The molecule has 0 atom stereocenters. The highest BCUT2D eigenvalue weighted by Crippen LogP contribution is 2.29. The molecule has 3 N–H and O–H groups in total. The van der Waals surface area contributed by atoms with Crippen LogP contribution in [0.1, 0.15) is 40.0 Å². The van der Waals surface area contributed by atoms with Crippen LogP contribution in [0.15, 0.2) is 29.1 Å². The van der Waals surface area contributed by atoms with E-state index in [-0.39, 0.29) is 22.7 Å². The molecule has 1 amide bonds. The Morgan fingerprint density at radius 1 is 1.32 bits per heavy atom. The SMILES string of the molecule is CC(C)(C)OC(=O)Nc1cccc(-c2c(Cl)nc(NC3CCC3)c(=O)n2CC(=O)O)c1. The fourth-order valence-electron chi connectivity index (χ4n) is 3.11. The second-order valence-electron chi connectivity index (χ2n) is 8.36. The number of aliphatic carboxylic acids is 1. The number of nitrogens with one attached hydrogen (secondary N) is 2. The maximum atomic E-state index is 13.0. The largest absolute Gasteiger partial charge is 0.480 e. The number of hydrogen-bond donors (Lipinski definition) is 3. The molecular formula is C21H25ClN4O5. The lowest BCUT2D eigenvalue weighted by molar-refractivity contribution is -0.137. The zero-order valence-electron chi connectivity index (χ0n) is 17.6. The number of hydrogen-bond acceptors (Lipinski definition) is 6. The highest BCUT2D eigenvalue weighted by molar-refractivity contribution is 6.32. The molecule has 0 aliphatic heterocycles. The average Bonchev–Trinajstić information content (AvgIpc) is 2.60. The second kappa shape index (κ2) is 8.97. The summed E-state index contributed by atoms with van der Waals surface area (Å²) in [5.74, 6) is -1.16. The van der Waals surface area contributed by atoms with Crippen LogP contribution in [-0.4, -0.2) is 38.4 Å². The standard InChI is InChI=1S/C21H25ClN4O5/c1-21(2,3)31-20(30)24-14-9-4-6-12(10-14)16-17(22)25-18(23-13-7-5-8-13)19(29)26(16)11-15(27)28/h4,6,9-10,13H,5,7-8,11H2,1-3H3,(H,23,25)(H,24,30)(H,27,28). The number of amides is 1. The van der Waals surface area contributed by atoms with Crippen molar-refractivity contribution in [2.24, 2.45) is 0 Å². The Balaban J connectivity index is 1.99. The van der Waals surface area contributed by atoms with Gasteiger partial charge in [-0.05, 0) is 52.2 Å². The molecule has 2 aromatic rings. The highest BCUT2D eigenvalue weighted by atomic mass is 35.5. The smallest absolute Gasteiger partial charge is 0.412 e. The Labute approximate surface area is 184 Å². The van der Waals surface area contributed by atoms with E-state index in [1.165, 1.54) is 0 Å². The topological polar surface area (TPSA) is 123 Å². The number of ether oxygens (including phenoxy) is 1. The van der Waals surface area contributed by atoms with E-state index in [4.69, 9.17) is 16.3 Å². The summed E-state index contributed by atoms with van der Waals surface area (Å²) in [5, 5.41) is 15.0. The van der Waals surface area contributed by atoms with Gasteiger partial charge in [0.1, 0.15) is 12.1 Å². The molecule has 0 bridgehead atoms. The van der Waals surface area contributed by atoms with Crippen molar-refractivity contribution in [3.8, 4) is 11.3 Å². The fourth-order valence-corrected chi connectivity index (χ4v) is 3.40. The van der Waals surface area contributed by atoms with Gasteiger partial charge in [0.15, 0.2) is 11.0 Å². The van der Waals surface area contributed by atoms with Gasteiger partial charge in [-0.3, -0.25) is 19.5 Å². The van der Waals surface area contributed by atoms with Crippen molar-refractivity contribution in [1.82, 2.24) is 9.55 Å². The van der Waals surface area contributed by atoms with Crippen LogP contribution >= 0.6 is 11.6 Å². The van der Waals surface area contributed by atoms with Crippen LogP contribution < -0.4 is 16.2 Å². The van der Waals surface area contributed by atoms with Crippen molar-refractivity contribution >= 4 is 35.2 Å². The predicted octanol–water partition coefficient (Wildman–Crippen LogP) is 3.96. The molecule has 1 saturated carbocycles. The van der Waals surface area contributed by atoms with E-state index in [0.29, 0.717) is 11.3 Å². The number of carbonyl (C=O) groups is 2. The lowest BCUT2D eigenvalue weighted by Gasteiger charge is -2.27. The van der Waals surface area contributed by atoms with Gasteiger partial charge in [-0.15, -0.1) is 0 Å². The van der Waals surface area contributed by atoms with Crippen LogP contribution in [0.2, 0.25) is 5.15 Å². The van der Waals surface area contributed by atoms with Crippen molar-refractivity contribution in [2.75, 3.05) is 10.6 Å². The number of nitrogens with zero attached hydrogens (tertiary/aromatic N) is 2. The Morgan fingerprint density at radius 2 is 2.03 bits per heavy atom. The molecule has 1 aliphatic rings. The molecule has 1 heterocycles. The van der Waals surface area contributed by atoms with Crippen molar-refractivity contribution in [3.05, 3.63) is 39.8 Å². The van der Waals surface area contributed by atoms with Crippen molar-refractivity contribution in [3.63, 3.8) is 0 Å². The first-order valence-corrected chi connectivity index (χ1v) is 10.3. The maximum absolute atomic E-state index is 13.0. The number of carbonyl (C=O) groups excluding carboxylic acids is 1. The third kappa shape index (κ3) is 5.75. The first-order valence-electron chi connectivity index (χ1n) is 9.92. The van der Waals surface area contributed by atoms with Gasteiger partial charge >= 0.3 is 12.1 Å². The molecule has 10 heteroatoms. The van der Waals surface area contributed by atoms with Gasteiger partial charge < -0.3 is 15.2 Å². The molecule has 1 fully saturated rings. The van der Waals surface area contributed by atoms with Crippen LogP contribution in [0, 0.1) is 0 Å². The Morgan fingerprint density at radius 3 is 2.61 bits per heavy atom. The van der Waals surface area contributed by atoms with Crippen LogP contribution in [0.5, 0.6) is 0 Å². The van der Waals surface area contributed by atoms with Gasteiger partial charge in [-0.2, -0.15) is 0 Å². The van der Waals surface area contributed by atoms with Gasteiger partial charge in [-0.1, -0.05) is 23.7 Å². The minimum atomic E-state index is -1.19. The Bertz CT molecular complexity index is 1060. The zero-order valence-corrected chi connectivity index (χ0v) is 18.3. The number of carboxylic acid groups (broad SMARTS) is 1. The van der Waals surface area contributed by atoms with Crippen molar-refractivity contribution in [2.45, 2.75) is 58.2 Å². The van der Waals surface area contributed by atoms with E-state index in [0.717, 1.165) is 23.8 Å². The van der Waals surface area contributed by atoms with Gasteiger partial charge in [0.05, 0.1) is 5.69 Å². The van der Waals surface area contributed by atoms with Crippen molar-refractivity contribution < 1.29 is 19.4 Å². The number of halogens is 1. The lowest BCUT2D eigenvalue weighted by atomic mass is 9.93. The van der Waals surface area contributed by atoms with Crippen LogP contribution in [0.25, 0.3) is 11.3 Å². The Hall–Kier alpha value is -3.07. The molecule has 31 heavy (non-hydrogen) atoms. The Kier molecular flexibility index (Phi) is 6.54. The minimum Gasteiger partial charge on any atom is -0.480 e. The molecule has 1 aromatic carbocycles. The van der Waals surface area contributed by atoms with E-state index in [1.54, 1.807) is 45.0 Å².